The molecule has 3 aromatic rings. The first-order chi connectivity index (χ1) is 15.3. The zero-order valence-corrected chi connectivity index (χ0v) is 19.9. The lowest BCUT2D eigenvalue weighted by Gasteiger charge is -2.32. The summed E-state index contributed by atoms with van der Waals surface area (Å²) in [6.07, 6.45) is 2.26. The molecule has 3 aromatic carbocycles. The lowest BCUT2D eigenvalue weighted by atomic mass is 10.2. The number of ether oxygens (including phenoxy) is 1. The minimum absolute atomic E-state index is 0.243. The Labute approximate surface area is 190 Å². The SMILES string of the molecule is CCOC(=O)/C=C\C(=O)O[Si](c1ccc(C)cc1)(c1ccc(C)cc1)c1ccc(C)cc1. The predicted octanol–water partition coefficient (Wildman–Crippen LogP) is 3.24. The fraction of sp³-hybridized carbons (Fsp3) is 0.185. The monoisotopic (exact) mass is 444 g/mol. The maximum absolute atomic E-state index is 13.0. The van der Waals surface area contributed by atoms with Crippen molar-refractivity contribution >= 4 is 35.8 Å². The number of hydrogen-bond donors (Lipinski definition) is 0. The third-order valence-corrected chi connectivity index (χ3v) is 9.22. The Balaban J connectivity index is 2.19. The van der Waals surface area contributed by atoms with E-state index in [4.69, 9.17) is 9.16 Å². The molecule has 0 aliphatic heterocycles. The molecule has 0 heterocycles. The van der Waals surface area contributed by atoms with Crippen LogP contribution < -0.4 is 15.6 Å². The number of aryl methyl sites for hydroxylation is 3. The molecule has 0 atom stereocenters. The fourth-order valence-corrected chi connectivity index (χ4v) is 7.18. The minimum atomic E-state index is -3.20. The van der Waals surface area contributed by atoms with Crippen molar-refractivity contribution in [2.75, 3.05) is 6.61 Å². The topological polar surface area (TPSA) is 52.6 Å². The molecule has 32 heavy (non-hydrogen) atoms. The number of carbonyl (C=O) groups excluding carboxylic acids is 2. The summed E-state index contributed by atoms with van der Waals surface area (Å²) in [5.41, 5.74) is 3.37. The summed E-state index contributed by atoms with van der Waals surface area (Å²) in [5, 5.41) is 2.86. The van der Waals surface area contributed by atoms with E-state index in [1.807, 2.05) is 93.6 Å². The largest absolute Gasteiger partial charge is 0.502 e. The first-order valence-electron chi connectivity index (χ1n) is 10.6. The number of esters is 1. The van der Waals surface area contributed by atoms with Crippen molar-refractivity contribution in [1.29, 1.82) is 0 Å². The number of carbonyl (C=O) groups is 2. The van der Waals surface area contributed by atoms with Gasteiger partial charge in [-0.05, 0) is 43.3 Å². The van der Waals surface area contributed by atoms with Gasteiger partial charge >= 0.3 is 20.3 Å². The molecule has 0 aliphatic rings. The van der Waals surface area contributed by atoms with Crippen LogP contribution in [0.3, 0.4) is 0 Å². The summed E-state index contributed by atoms with van der Waals surface area (Å²) in [5.74, 6) is -1.15. The maximum atomic E-state index is 13.0. The molecule has 0 aromatic heterocycles. The van der Waals surface area contributed by atoms with Crippen molar-refractivity contribution in [2.45, 2.75) is 27.7 Å². The molecule has 0 amide bonds. The van der Waals surface area contributed by atoms with Gasteiger partial charge in [0.15, 0.2) is 0 Å². The van der Waals surface area contributed by atoms with Crippen LogP contribution in [0.15, 0.2) is 84.9 Å². The van der Waals surface area contributed by atoms with Crippen LogP contribution >= 0.6 is 0 Å². The van der Waals surface area contributed by atoms with Crippen LogP contribution in [0.2, 0.25) is 0 Å². The molecule has 0 unspecified atom stereocenters. The Morgan fingerprint density at radius 1 is 0.656 bits per heavy atom. The summed E-state index contributed by atoms with van der Waals surface area (Å²) in [4.78, 5) is 24.7. The Hall–Kier alpha value is -3.44. The zero-order chi connectivity index (χ0) is 23.1. The Morgan fingerprint density at radius 3 is 1.34 bits per heavy atom. The van der Waals surface area contributed by atoms with E-state index in [9.17, 15) is 9.59 Å². The average Bonchev–Trinajstić information content (AvgIpc) is 2.78. The Bertz CT molecular complexity index is 987. The van der Waals surface area contributed by atoms with E-state index in [0.29, 0.717) is 0 Å². The van der Waals surface area contributed by atoms with Crippen LogP contribution in [0.1, 0.15) is 23.6 Å². The van der Waals surface area contributed by atoms with E-state index in [0.717, 1.165) is 44.4 Å². The van der Waals surface area contributed by atoms with Crippen LogP contribution in [0.5, 0.6) is 0 Å². The second kappa shape index (κ2) is 10.2. The van der Waals surface area contributed by atoms with Gasteiger partial charge in [0, 0.05) is 12.2 Å². The molecule has 0 N–H and O–H groups in total. The van der Waals surface area contributed by atoms with Gasteiger partial charge in [0.2, 0.25) is 0 Å². The predicted molar refractivity (Wildman–Crippen MR) is 130 cm³/mol. The van der Waals surface area contributed by atoms with Crippen LogP contribution in [0.25, 0.3) is 0 Å². The second-order valence-corrected chi connectivity index (χ2v) is 11.1. The zero-order valence-electron chi connectivity index (χ0n) is 18.9. The standard InChI is InChI=1S/C27H28O4Si/c1-5-30-26(28)18-19-27(29)31-32(23-12-6-20(2)7-13-23,24-14-8-21(3)9-15-24)25-16-10-22(4)11-17-25/h6-19H,5H2,1-4H3/b19-18-. The van der Waals surface area contributed by atoms with E-state index >= 15 is 0 Å². The molecule has 3 rings (SSSR count). The highest BCUT2D eigenvalue weighted by molar-refractivity contribution is 7.07. The van der Waals surface area contributed by atoms with Crippen molar-refractivity contribution in [2.24, 2.45) is 0 Å². The van der Waals surface area contributed by atoms with E-state index in [2.05, 4.69) is 0 Å². The van der Waals surface area contributed by atoms with Crippen molar-refractivity contribution in [3.63, 3.8) is 0 Å². The van der Waals surface area contributed by atoms with E-state index < -0.39 is 20.3 Å². The van der Waals surface area contributed by atoms with Gasteiger partial charge in [-0.15, -0.1) is 0 Å². The highest BCUT2D eigenvalue weighted by Gasteiger charge is 2.45. The van der Waals surface area contributed by atoms with Crippen molar-refractivity contribution in [3.8, 4) is 0 Å². The third kappa shape index (κ3) is 5.24. The Morgan fingerprint density at radius 2 is 1.00 bits per heavy atom. The molecule has 0 spiro atoms. The molecule has 0 saturated carbocycles. The van der Waals surface area contributed by atoms with Gasteiger partial charge in [-0.2, -0.15) is 0 Å². The van der Waals surface area contributed by atoms with Gasteiger partial charge in [-0.1, -0.05) is 89.5 Å². The van der Waals surface area contributed by atoms with Crippen molar-refractivity contribution < 1.29 is 18.8 Å². The molecule has 0 saturated heterocycles. The van der Waals surface area contributed by atoms with Crippen molar-refractivity contribution in [1.82, 2.24) is 0 Å². The summed E-state index contributed by atoms with van der Waals surface area (Å²) in [6.45, 7) is 8.04. The molecule has 0 fully saturated rings. The first-order valence-corrected chi connectivity index (χ1v) is 12.5. The van der Waals surface area contributed by atoms with Gasteiger partial charge in [-0.25, -0.2) is 9.59 Å². The van der Waals surface area contributed by atoms with Gasteiger partial charge in [0.1, 0.15) is 0 Å². The number of hydrogen-bond acceptors (Lipinski definition) is 4. The summed E-state index contributed by atoms with van der Waals surface area (Å²) in [6, 6.07) is 24.4. The van der Waals surface area contributed by atoms with Crippen molar-refractivity contribution in [3.05, 3.63) is 102 Å². The van der Waals surface area contributed by atoms with Crippen LogP contribution in [0.4, 0.5) is 0 Å². The molecule has 0 aliphatic carbocycles. The van der Waals surface area contributed by atoms with Crippen LogP contribution in [-0.4, -0.2) is 26.9 Å². The van der Waals surface area contributed by atoms with Gasteiger partial charge in [0.25, 0.3) is 0 Å². The minimum Gasteiger partial charge on any atom is -0.502 e. The van der Waals surface area contributed by atoms with Crippen LogP contribution in [-0.2, 0) is 18.8 Å². The summed E-state index contributed by atoms with van der Waals surface area (Å²) < 4.78 is 11.2. The molecule has 0 radical (unpaired) electrons. The highest BCUT2D eigenvalue weighted by atomic mass is 28.4. The molecule has 164 valence electrons. The van der Waals surface area contributed by atoms with Gasteiger partial charge in [0.05, 0.1) is 6.61 Å². The highest BCUT2D eigenvalue weighted by Crippen LogP contribution is 2.13. The van der Waals surface area contributed by atoms with Crippen LogP contribution in [0, 0.1) is 20.8 Å². The quantitative estimate of drug-likeness (QED) is 0.243. The Kier molecular flexibility index (Phi) is 7.43. The molecular formula is C27H28O4Si. The lowest BCUT2D eigenvalue weighted by Crippen LogP contribution is -2.70. The normalized spacial score (nSPS) is 11.4. The maximum Gasteiger partial charge on any atom is 0.350 e. The number of rotatable bonds is 7. The third-order valence-electron chi connectivity index (χ3n) is 5.27. The van der Waals surface area contributed by atoms with E-state index in [1.54, 1.807) is 6.92 Å². The lowest BCUT2D eigenvalue weighted by molar-refractivity contribution is -0.138. The van der Waals surface area contributed by atoms with Gasteiger partial charge < -0.3 is 9.16 Å². The molecular weight excluding hydrogens is 416 g/mol. The smallest absolute Gasteiger partial charge is 0.350 e. The van der Waals surface area contributed by atoms with E-state index in [1.165, 1.54) is 0 Å². The number of benzene rings is 3. The summed E-state index contributed by atoms with van der Waals surface area (Å²) in [7, 11) is -3.20. The molecule has 5 heteroatoms. The second-order valence-electron chi connectivity index (χ2n) is 7.79. The average molecular weight is 445 g/mol. The summed E-state index contributed by atoms with van der Waals surface area (Å²) >= 11 is 0. The van der Waals surface area contributed by atoms with Gasteiger partial charge in [-0.3, -0.25) is 0 Å². The molecule has 0 bridgehead atoms. The fourth-order valence-electron chi connectivity index (χ4n) is 3.55. The molecule has 4 nitrogen and oxygen atoms in total. The first kappa shape index (κ1) is 23.2. The van der Waals surface area contributed by atoms with E-state index in [-0.39, 0.29) is 6.61 Å².